The van der Waals surface area contributed by atoms with E-state index < -0.39 is 0 Å². The number of halogens is 2. The van der Waals surface area contributed by atoms with Crippen molar-refractivity contribution in [2.75, 3.05) is 5.32 Å². The summed E-state index contributed by atoms with van der Waals surface area (Å²) >= 11 is 6.84. The third-order valence-corrected chi connectivity index (χ3v) is 3.74. The quantitative estimate of drug-likeness (QED) is 0.779. The fraction of sp³-hybridized carbons (Fsp3) is 0. The third kappa shape index (κ3) is 3.29. The lowest BCUT2D eigenvalue weighted by atomic mass is 10.2. The highest BCUT2D eigenvalue weighted by Crippen LogP contribution is 2.22. The lowest BCUT2D eigenvalue weighted by Gasteiger charge is -2.00. The SMILES string of the molecule is O=C(Nc1nc(-c2ccc(F)cc2)ns1)c1ccc(Cl)cc1. The molecule has 0 aliphatic rings. The molecule has 7 heteroatoms. The average Bonchev–Trinajstić information content (AvgIpc) is 2.97. The number of hydrogen-bond donors (Lipinski definition) is 1. The fourth-order valence-electron chi connectivity index (χ4n) is 1.76. The number of aromatic nitrogens is 2. The van der Waals surface area contributed by atoms with Gasteiger partial charge in [-0.2, -0.15) is 9.36 Å². The Morgan fingerprint density at radius 3 is 2.45 bits per heavy atom. The highest BCUT2D eigenvalue weighted by molar-refractivity contribution is 7.10. The summed E-state index contributed by atoms with van der Waals surface area (Å²) in [4.78, 5) is 16.3. The molecule has 0 unspecified atom stereocenters. The minimum atomic E-state index is -0.324. The van der Waals surface area contributed by atoms with E-state index in [4.69, 9.17) is 11.6 Å². The maximum absolute atomic E-state index is 12.9. The predicted molar refractivity (Wildman–Crippen MR) is 84.7 cm³/mol. The smallest absolute Gasteiger partial charge is 0.257 e. The summed E-state index contributed by atoms with van der Waals surface area (Å²) in [6, 6.07) is 12.4. The maximum atomic E-state index is 12.9. The Labute approximate surface area is 134 Å². The van der Waals surface area contributed by atoms with Gasteiger partial charge in [0.2, 0.25) is 5.13 Å². The Kier molecular flexibility index (Phi) is 4.13. The van der Waals surface area contributed by atoms with Crippen LogP contribution in [0.25, 0.3) is 11.4 Å². The van der Waals surface area contributed by atoms with Crippen molar-refractivity contribution < 1.29 is 9.18 Å². The number of nitrogens with one attached hydrogen (secondary N) is 1. The minimum Gasteiger partial charge on any atom is -0.297 e. The van der Waals surface area contributed by atoms with Crippen LogP contribution in [0.4, 0.5) is 9.52 Å². The van der Waals surface area contributed by atoms with Crippen LogP contribution < -0.4 is 5.32 Å². The molecule has 0 spiro atoms. The zero-order chi connectivity index (χ0) is 15.5. The molecule has 110 valence electrons. The molecular formula is C15H9ClFN3OS. The van der Waals surface area contributed by atoms with Gasteiger partial charge in [-0.05, 0) is 48.5 Å². The van der Waals surface area contributed by atoms with Gasteiger partial charge < -0.3 is 0 Å². The van der Waals surface area contributed by atoms with Crippen LogP contribution in [0, 0.1) is 5.82 Å². The van der Waals surface area contributed by atoms with Crippen molar-refractivity contribution in [1.82, 2.24) is 9.36 Å². The van der Waals surface area contributed by atoms with E-state index in [1.165, 1.54) is 12.1 Å². The van der Waals surface area contributed by atoms with E-state index in [0.29, 0.717) is 27.1 Å². The van der Waals surface area contributed by atoms with Gasteiger partial charge in [0, 0.05) is 27.7 Å². The number of benzene rings is 2. The lowest BCUT2D eigenvalue weighted by Crippen LogP contribution is -2.11. The standard InChI is InChI=1S/C15H9ClFN3OS/c16-11-5-1-10(2-6-11)14(21)19-15-18-13(20-22-15)9-3-7-12(17)8-4-9/h1-8H,(H,18,19,20,21). The largest absolute Gasteiger partial charge is 0.297 e. The number of anilines is 1. The normalized spacial score (nSPS) is 10.5. The molecule has 0 saturated carbocycles. The van der Waals surface area contributed by atoms with Crippen LogP contribution in [0.15, 0.2) is 48.5 Å². The van der Waals surface area contributed by atoms with Crippen molar-refractivity contribution in [3.63, 3.8) is 0 Å². The van der Waals surface area contributed by atoms with Crippen LogP contribution in [-0.4, -0.2) is 15.3 Å². The van der Waals surface area contributed by atoms with Crippen molar-refractivity contribution in [2.24, 2.45) is 0 Å². The van der Waals surface area contributed by atoms with E-state index in [2.05, 4.69) is 14.7 Å². The van der Waals surface area contributed by atoms with Crippen LogP contribution in [0.3, 0.4) is 0 Å². The first-order valence-corrected chi connectivity index (χ1v) is 7.43. The zero-order valence-corrected chi connectivity index (χ0v) is 12.7. The van der Waals surface area contributed by atoms with Gasteiger partial charge in [0.25, 0.3) is 5.91 Å². The van der Waals surface area contributed by atoms with Crippen molar-refractivity contribution in [3.8, 4) is 11.4 Å². The van der Waals surface area contributed by atoms with E-state index in [1.807, 2.05) is 0 Å². The van der Waals surface area contributed by atoms with Gasteiger partial charge in [-0.3, -0.25) is 10.1 Å². The molecule has 0 fully saturated rings. The summed E-state index contributed by atoms with van der Waals surface area (Å²) < 4.78 is 17.0. The van der Waals surface area contributed by atoms with Gasteiger partial charge in [-0.1, -0.05) is 11.6 Å². The number of hydrogen-bond acceptors (Lipinski definition) is 4. The first-order chi connectivity index (χ1) is 10.6. The Balaban J connectivity index is 1.75. The molecule has 1 heterocycles. The van der Waals surface area contributed by atoms with E-state index in [0.717, 1.165) is 11.5 Å². The molecule has 0 aliphatic carbocycles. The molecule has 22 heavy (non-hydrogen) atoms. The Bertz CT molecular complexity index is 802. The van der Waals surface area contributed by atoms with E-state index in [-0.39, 0.29) is 11.7 Å². The van der Waals surface area contributed by atoms with Gasteiger partial charge in [0.15, 0.2) is 5.82 Å². The van der Waals surface area contributed by atoms with Crippen LogP contribution in [0.2, 0.25) is 5.02 Å². The van der Waals surface area contributed by atoms with Crippen molar-refractivity contribution in [3.05, 3.63) is 64.9 Å². The summed E-state index contributed by atoms with van der Waals surface area (Å²) in [6.07, 6.45) is 0. The minimum absolute atomic E-state index is 0.293. The number of carbonyl (C=O) groups excluding carboxylic acids is 1. The average molecular weight is 334 g/mol. The molecule has 2 aromatic carbocycles. The van der Waals surface area contributed by atoms with Gasteiger partial charge in [-0.15, -0.1) is 0 Å². The molecule has 4 nitrogen and oxygen atoms in total. The first kappa shape index (κ1) is 14.6. The first-order valence-electron chi connectivity index (χ1n) is 6.28. The third-order valence-electron chi connectivity index (χ3n) is 2.86. The molecule has 1 amide bonds. The summed E-state index contributed by atoms with van der Waals surface area (Å²) in [5, 5.41) is 3.60. The van der Waals surface area contributed by atoms with E-state index in [9.17, 15) is 9.18 Å². The van der Waals surface area contributed by atoms with E-state index >= 15 is 0 Å². The van der Waals surface area contributed by atoms with Crippen LogP contribution in [0.1, 0.15) is 10.4 Å². The number of rotatable bonds is 3. The lowest BCUT2D eigenvalue weighted by molar-refractivity contribution is 0.102. The van der Waals surface area contributed by atoms with Gasteiger partial charge in [0.05, 0.1) is 0 Å². The van der Waals surface area contributed by atoms with E-state index in [1.54, 1.807) is 36.4 Å². The van der Waals surface area contributed by atoms with Crippen molar-refractivity contribution >= 4 is 34.2 Å². The Morgan fingerprint density at radius 1 is 1.09 bits per heavy atom. The molecule has 1 aromatic heterocycles. The molecule has 1 N–H and O–H groups in total. The maximum Gasteiger partial charge on any atom is 0.257 e. The topological polar surface area (TPSA) is 54.9 Å². The second-order valence-corrected chi connectivity index (χ2v) is 5.58. The Morgan fingerprint density at radius 2 is 1.77 bits per heavy atom. The number of carbonyl (C=O) groups is 1. The molecular weight excluding hydrogens is 325 g/mol. The second kappa shape index (κ2) is 6.21. The molecule has 0 aliphatic heterocycles. The molecule has 0 bridgehead atoms. The predicted octanol–water partition coefficient (Wildman–Crippen LogP) is 4.25. The molecule has 3 rings (SSSR count). The second-order valence-electron chi connectivity index (χ2n) is 4.39. The Hall–Kier alpha value is -2.31. The molecule has 0 saturated heterocycles. The van der Waals surface area contributed by atoms with Gasteiger partial charge >= 0.3 is 0 Å². The van der Waals surface area contributed by atoms with Gasteiger partial charge in [-0.25, -0.2) is 4.39 Å². The van der Waals surface area contributed by atoms with Crippen molar-refractivity contribution in [1.29, 1.82) is 0 Å². The summed E-state index contributed by atoms with van der Waals surface area (Å²) in [7, 11) is 0. The fourth-order valence-corrected chi connectivity index (χ4v) is 2.47. The molecule has 0 atom stereocenters. The summed E-state index contributed by atoms with van der Waals surface area (Å²) in [5.74, 6) is -0.176. The molecule has 0 radical (unpaired) electrons. The monoisotopic (exact) mass is 333 g/mol. The van der Waals surface area contributed by atoms with Crippen molar-refractivity contribution in [2.45, 2.75) is 0 Å². The van der Waals surface area contributed by atoms with Crippen LogP contribution >= 0.6 is 23.1 Å². The number of amides is 1. The van der Waals surface area contributed by atoms with Gasteiger partial charge in [0.1, 0.15) is 5.82 Å². The summed E-state index contributed by atoms with van der Waals surface area (Å²) in [6.45, 7) is 0. The number of nitrogens with zero attached hydrogens (tertiary/aromatic N) is 2. The highest BCUT2D eigenvalue weighted by atomic mass is 35.5. The zero-order valence-electron chi connectivity index (χ0n) is 11.1. The molecule has 3 aromatic rings. The summed E-state index contributed by atoms with van der Waals surface area (Å²) in [5.41, 5.74) is 1.16. The highest BCUT2D eigenvalue weighted by Gasteiger charge is 2.11. The van der Waals surface area contributed by atoms with Crippen LogP contribution in [0.5, 0.6) is 0 Å². The van der Waals surface area contributed by atoms with Crippen LogP contribution in [-0.2, 0) is 0 Å².